The van der Waals surface area contributed by atoms with Crippen LogP contribution < -0.4 is 0 Å². The van der Waals surface area contributed by atoms with E-state index >= 15 is 0 Å². The zero-order chi connectivity index (χ0) is 20.8. The van der Waals surface area contributed by atoms with Crippen molar-refractivity contribution in [2.45, 2.75) is 39.7 Å². The number of aliphatic hydroxyl groups is 2. The Kier molecular flexibility index (Phi) is 12.1. The summed E-state index contributed by atoms with van der Waals surface area (Å²) >= 11 is 0. The van der Waals surface area contributed by atoms with Crippen LogP contribution in [0, 0.1) is 13.8 Å². The van der Waals surface area contributed by atoms with Crippen LogP contribution in [0.5, 0.6) is 0 Å². The fourth-order valence-electron chi connectivity index (χ4n) is 1.75. The summed E-state index contributed by atoms with van der Waals surface area (Å²) in [4.78, 5) is 20.6. The summed E-state index contributed by atoms with van der Waals surface area (Å²) in [5, 5.41) is 33.9. The first-order valence-electron chi connectivity index (χ1n) is 8.60. The molecule has 6 nitrogen and oxygen atoms in total. The van der Waals surface area contributed by atoms with Crippen molar-refractivity contribution in [3.05, 3.63) is 70.8 Å². The number of hydrogen-bond donors (Lipinski definition) is 4. The molecular formula is C21H28O6. The van der Waals surface area contributed by atoms with E-state index in [0.717, 1.165) is 17.5 Å². The molecular weight excluding hydrogens is 348 g/mol. The average molecular weight is 376 g/mol. The van der Waals surface area contributed by atoms with Crippen molar-refractivity contribution >= 4 is 11.9 Å². The van der Waals surface area contributed by atoms with Gasteiger partial charge in [0.2, 0.25) is 0 Å². The van der Waals surface area contributed by atoms with Gasteiger partial charge in [0, 0.05) is 6.61 Å². The molecule has 2 rings (SSSR count). The van der Waals surface area contributed by atoms with E-state index in [1.807, 2.05) is 20.8 Å². The van der Waals surface area contributed by atoms with Crippen LogP contribution in [-0.2, 0) is 0 Å². The molecule has 6 heteroatoms. The third-order valence-electron chi connectivity index (χ3n) is 3.53. The number of aromatic carboxylic acids is 2. The Morgan fingerprint density at radius 3 is 1.33 bits per heavy atom. The first-order valence-corrected chi connectivity index (χ1v) is 8.60. The number of aryl methyl sites for hydroxylation is 2. The van der Waals surface area contributed by atoms with Gasteiger partial charge in [-0.2, -0.15) is 0 Å². The van der Waals surface area contributed by atoms with Crippen LogP contribution in [0.4, 0.5) is 0 Å². The van der Waals surface area contributed by atoms with Crippen LogP contribution >= 0.6 is 0 Å². The minimum absolute atomic E-state index is 0.0923. The van der Waals surface area contributed by atoms with Crippen LogP contribution in [0.2, 0.25) is 0 Å². The number of carbonyl (C=O) groups is 2. The molecule has 0 aliphatic rings. The molecule has 27 heavy (non-hydrogen) atoms. The van der Waals surface area contributed by atoms with Gasteiger partial charge in [0.15, 0.2) is 0 Å². The molecule has 0 aliphatic heterocycles. The minimum Gasteiger partial charge on any atom is -0.478 e. The predicted octanol–water partition coefficient (Wildman–Crippen LogP) is 3.53. The van der Waals surface area contributed by atoms with Crippen LogP contribution in [0.1, 0.15) is 51.6 Å². The van der Waals surface area contributed by atoms with Gasteiger partial charge in [-0.25, -0.2) is 9.59 Å². The van der Waals surface area contributed by atoms with Crippen molar-refractivity contribution in [1.29, 1.82) is 0 Å². The van der Waals surface area contributed by atoms with Crippen LogP contribution in [0.3, 0.4) is 0 Å². The normalized spacial score (nSPS) is 10.6. The SMILES string of the molecule is CCC(O)CCO.Cc1ccc(C(=O)O)cc1.Cc1ccc(C(=O)O)cc1. The van der Waals surface area contributed by atoms with Gasteiger partial charge in [-0.3, -0.25) is 0 Å². The summed E-state index contributed by atoms with van der Waals surface area (Å²) in [5.41, 5.74) is 2.83. The molecule has 0 aliphatic carbocycles. The molecule has 148 valence electrons. The summed E-state index contributed by atoms with van der Waals surface area (Å²) < 4.78 is 0. The quantitative estimate of drug-likeness (QED) is 0.635. The minimum atomic E-state index is -0.875. The lowest BCUT2D eigenvalue weighted by Crippen LogP contribution is -2.05. The van der Waals surface area contributed by atoms with Gasteiger partial charge in [-0.05, 0) is 51.0 Å². The summed E-state index contributed by atoms with van der Waals surface area (Å²) in [6.45, 7) is 5.83. The Bertz CT molecular complexity index is 621. The van der Waals surface area contributed by atoms with Gasteiger partial charge in [0.25, 0.3) is 0 Å². The van der Waals surface area contributed by atoms with Crippen LogP contribution in [0.15, 0.2) is 48.5 Å². The Hall–Kier alpha value is -2.70. The van der Waals surface area contributed by atoms with E-state index in [9.17, 15) is 9.59 Å². The van der Waals surface area contributed by atoms with Crippen molar-refractivity contribution in [2.75, 3.05) is 6.61 Å². The topological polar surface area (TPSA) is 115 Å². The molecule has 1 unspecified atom stereocenters. The van der Waals surface area contributed by atoms with Crippen molar-refractivity contribution in [3.8, 4) is 0 Å². The van der Waals surface area contributed by atoms with E-state index in [0.29, 0.717) is 17.5 Å². The Balaban J connectivity index is 0.000000384. The molecule has 0 saturated heterocycles. The molecule has 0 aromatic heterocycles. The number of hydrogen-bond acceptors (Lipinski definition) is 4. The Morgan fingerprint density at radius 2 is 1.15 bits per heavy atom. The smallest absolute Gasteiger partial charge is 0.335 e. The van der Waals surface area contributed by atoms with Gasteiger partial charge in [0.1, 0.15) is 0 Å². The van der Waals surface area contributed by atoms with Crippen LogP contribution in [0.25, 0.3) is 0 Å². The summed E-state index contributed by atoms with van der Waals surface area (Å²) in [7, 11) is 0. The van der Waals surface area contributed by atoms with Gasteiger partial charge in [-0.15, -0.1) is 0 Å². The summed E-state index contributed by atoms with van der Waals surface area (Å²) in [6, 6.07) is 13.5. The molecule has 0 spiro atoms. The van der Waals surface area contributed by atoms with E-state index in [1.54, 1.807) is 48.5 Å². The van der Waals surface area contributed by atoms with Crippen molar-refractivity contribution < 1.29 is 30.0 Å². The Labute approximate surface area is 159 Å². The highest BCUT2D eigenvalue weighted by molar-refractivity contribution is 5.87. The number of carboxylic acid groups (broad SMARTS) is 2. The third-order valence-corrected chi connectivity index (χ3v) is 3.53. The molecule has 0 bridgehead atoms. The fraction of sp³-hybridized carbons (Fsp3) is 0.333. The van der Waals surface area contributed by atoms with E-state index < -0.39 is 11.9 Å². The molecule has 2 aromatic carbocycles. The van der Waals surface area contributed by atoms with Gasteiger partial charge in [0.05, 0.1) is 17.2 Å². The first-order chi connectivity index (χ1) is 12.7. The lowest BCUT2D eigenvalue weighted by molar-refractivity contribution is 0.0686. The number of carboxylic acids is 2. The molecule has 0 radical (unpaired) electrons. The van der Waals surface area contributed by atoms with E-state index in [1.165, 1.54) is 0 Å². The first kappa shape index (κ1) is 24.3. The highest BCUT2D eigenvalue weighted by atomic mass is 16.4. The number of rotatable bonds is 5. The van der Waals surface area contributed by atoms with E-state index in [2.05, 4.69) is 0 Å². The van der Waals surface area contributed by atoms with Gasteiger partial charge >= 0.3 is 11.9 Å². The second-order valence-electron chi connectivity index (χ2n) is 5.92. The highest BCUT2D eigenvalue weighted by Crippen LogP contribution is 2.02. The zero-order valence-corrected chi connectivity index (χ0v) is 15.9. The molecule has 1 atom stereocenters. The maximum absolute atomic E-state index is 10.3. The molecule has 4 N–H and O–H groups in total. The molecule has 0 fully saturated rings. The van der Waals surface area contributed by atoms with Gasteiger partial charge in [-0.1, -0.05) is 42.3 Å². The average Bonchev–Trinajstić information content (AvgIpc) is 2.63. The van der Waals surface area contributed by atoms with Crippen molar-refractivity contribution in [1.82, 2.24) is 0 Å². The summed E-state index contributed by atoms with van der Waals surface area (Å²) in [5.74, 6) is -1.75. The lowest BCUT2D eigenvalue weighted by Gasteiger charge is -2.01. The molecule has 2 aromatic rings. The van der Waals surface area contributed by atoms with Crippen LogP contribution in [-0.4, -0.2) is 45.1 Å². The van der Waals surface area contributed by atoms with E-state index in [4.69, 9.17) is 20.4 Å². The van der Waals surface area contributed by atoms with Crippen molar-refractivity contribution in [3.63, 3.8) is 0 Å². The standard InChI is InChI=1S/2C8H8O2.C5H12O2/c2*1-6-2-4-7(5-3-6)8(9)10;1-2-5(7)3-4-6/h2*2-5H,1H3,(H,9,10);5-7H,2-4H2,1H3. The molecule has 0 heterocycles. The highest BCUT2D eigenvalue weighted by Gasteiger charge is 1.99. The Morgan fingerprint density at radius 1 is 0.815 bits per heavy atom. The summed E-state index contributed by atoms with van der Waals surface area (Å²) in [6.07, 6.45) is 0.946. The fourth-order valence-corrected chi connectivity index (χ4v) is 1.75. The predicted molar refractivity (Wildman–Crippen MR) is 104 cm³/mol. The van der Waals surface area contributed by atoms with Gasteiger partial charge < -0.3 is 20.4 Å². The lowest BCUT2D eigenvalue weighted by atomic mass is 10.2. The second kappa shape index (κ2) is 13.5. The number of aliphatic hydroxyl groups excluding tert-OH is 2. The maximum atomic E-state index is 10.3. The maximum Gasteiger partial charge on any atom is 0.335 e. The zero-order valence-electron chi connectivity index (χ0n) is 15.9. The monoisotopic (exact) mass is 376 g/mol. The van der Waals surface area contributed by atoms with Crippen molar-refractivity contribution in [2.24, 2.45) is 0 Å². The molecule has 0 amide bonds. The number of benzene rings is 2. The second-order valence-corrected chi connectivity index (χ2v) is 5.92. The third kappa shape index (κ3) is 11.5. The largest absolute Gasteiger partial charge is 0.478 e. The molecule has 0 saturated carbocycles. The van der Waals surface area contributed by atoms with E-state index in [-0.39, 0.29) is 12.7 Å².